The van der Waals surface area contributed by atoms with Gasteiger partial charge in [0.05, 0.1) is 24.8 Å². The summed E-state index contributed by atoms with van der Waals surface area (Å²) in [5, 5.41) is 2.86. The van der Waals surface area contributed by atoms with E-state index < -0.39 is 0 Å². The number of hydrogen-bond donors (Lipinski definition) is 1. The maximum Gasteiger partial charge on any atom is 0.171 e. The van der Waals surface area contributed by atoms with Crippen LogP contribution < -0.4 is 9.47 Å². The van der Waals surface area contributed by atoms with Crippen molar-refractivity contribution < 1.29 is 14.2 Å². The molecule has 7 nitrogen and oxygen atoms in total. The number of nitrogens with zero attached hydrogens (tertiary/aromatic N) is 3. The molecule has 2 aromatic heterocycles. The highest BCUT2D eigenvalue weighted by atomic mass is 35.5. The number of aromatic amines is 1. The van der Waals surface area contributed by atoms with Crippen LogP contribution in [-0.2, 0) is 4.74 Å². The van der Waals surface area contributed by atoms with Crippen LogP contribution in [0.15, 0.2) is 40.8 Å². The Hall–Kier alpha value is -2.00. The summed E-state index contributed by atoms with van der Waals surface area (Å²) in [6.45, 7) is 8.79. The molecule has 0 spiro atoms. The van der Waals surface area contributed by atoms with Crippen molar-refractivity contribution in [1.82, 2.24) is 19.9 Å². The zero-order valence-corrected chi connectivity index (χ0v) is 18.6. The second kappa shape index (κ2) is 9.87. The second-order valence-electron chi connectivity index (χ2n) is 7.20. The molecule has 1 aromatic carbocycles. The maximum absolute atomic E-state index is 6.72. The van der Waals surface area contributed by atoms with E-state index >= 15 is 0 Å². The molecule has 3 heterocycles. The highest BCUT2D eigenvalue weighted by Crippen LogP contribution is 2.39. The fourth-order valence-corrected chi connectivity index (χ4v) is 4.22. The van der Waals surface area contributed by atoms with Crippen LogP contribution in [0, 0.1) is 0 Å². The maximum atomic E-state index is 6.72. The zero-order valence-electron chi connectivity index (χ0n) is 17.1. The molecule has 0 bridgehead atoms. The molecular weight excluding hydrogens is 424 g/mol. The normalized spacial score (nSPS) is 15.1. The Morgan fingerprint density at radius 3 is 2.83 bits per heavy atom. The summed E-state index contributed by atoms with van der Waals surface area (Å²) in [4.78, 5) is 14.4. The minimum absolute atomic E-state index is 0.0280. The average Bonchev–Trinajstić information content (AvgIpc) is 3.23. The third-order valence-corrected chi connectivity index (χ3v) is 5.83. The first-order valence-corrected chi connectivity index (χ1v) is 11.2. The molecule has 1 N–H and O–H groups in total. The zero-order chi connectivity index (χ0) is 20.9. The van der Waals surface area contributed by atoms with E-state index in [1.807, 2.05) is 32.0 Å². The molecule has 9 heteroatoms. The number of imidazole rings is 1. The second-order valence-corrected chi connectivity index (χ2v) is 8.59. The minimum Gasteiger partial charge on any atom is -0.491 e. The Bertz CT molecular complexity index is 978. The first-order valence-electron chi connectivity index (χ1n) is 10.00. The van der Waals surface area contributed by atoms with Crippen molar-refractivity contribution in [2.24, 2.45) is 0 Å². The van der Waals surface area contributed by atoms with Crippen LogP contribution in [0.2, 0.25) is 5.02 Å². The number of halogens is 1. The molecule has 0 atom stereocenters. The van der Waals surface area contributed by atoms with Gasteiger partial charge in [0.15, 0.2) is 5.16 Å². The lowest BCUT2D eigenvalue weighted by atomic mass is 10.2. The number of nitrogens with one attached hydrogen (secondary N) is 1. The topological polar surface area (TPSA) is 72.5 Å². The molecule has 0 saturated carbocycles. The van der Waals surface area contributed by atoms with Gasteiger partial charge in [-0.05, 0) is 37.7 Å². The van der Waals surface area contributed by atoms with Gasteiger partial charge >= 0.3 is 0 Å². The Labute approximate surface area is 185 Å². The number of morpholine rings is 1. The number of pyridine rings is 1. The summed E-state index contributed by atoms with van der Waals surface area (Å²) in [7, 11) is 0. The Balaban J connectivity index is 1.58. The van der Waals surface area contributed by atoms with Crippen molar-refractivity contribution in [2.45, 2.75) is 30.1 Å². The summed E-state index contributed by atoms with van der Waals surface area (Å²) in [6, 6.07) is 5.76. The van der Waals surface area contributed by atoms with Crippen molar-refractivity contribution in [3.05, 3.63) is 35.6 Å². The van der Waals surface area contributed by atoms with E-state index in [1.54, 1.807) is 12.4 Å². The van der Waals surface area contributed by atoms with Crippen LogP contribution >= 0.6 is 23.4 Å². The highest BCUT2D eigenvalue weighted by molar-refractivity contribution is 7.99. The average molecular weight is 449 g/mol. The monoisotopic (exact) mass is 448 g/mol. The van der Waals surface area contributed by atoms with Crippen molar-refractivity contribution in [1.29, 1.82) is 0 Å². The van der Waals surface area contributed by atoms with E-state index in [0.717, 1.165) is 54.2 Å². The van der Waals surface area contributed by atoms with Crippen LogP contribution in [0.1, 0.15) is 13.8 Å². The van der Waals surface area contributed by atoms with Gasteiger partial charge < -0.3 is 19.2 Å². The van der Waals surface area contributed by atoms with E-state index in [-0.39, 0.29) is 6.10 Å². The summed E-state index contributed by atoms with van der Waals surface area (Å²) in [5.74, 6) is 1.37. The van der Waals surface area contributed by atoms with E-state index in [2.05, 4.69) is 14.9 Å². The van der Waals surface area contributed by atoms with Crippen LogP contribution in [0.4, 0.5) is 0 Å². The van der Waals surface area contributed by atoms with Gasteiger partial charge in [-0.2, -0.15) is 0 Å². The largest absolute Gasteiger partial charge is 0.491 e. The molecule has 1 aliphatic rings. The standard InChI is InChI=1S/C21H25ClN4O3S/c1-14(2)29-17-13-18(30-21-23-5-6-24-21)25-20-15(17)3-4-16(19(20)22)28-12-9-26-7-10-27-11-8-26/h3-6,13-14H,7-12H2,1-2H3,(H,23,24). The smallest absolute Gasteiger partial charge is 0.171 e. The molecule has 1 aliphatic heterocycles. The SMILES string of the molecule is CC(C)Oc1cc(Sc2ncc[nH]2)nc2c(Cl)c(OCCN3CCOCC3)ccc12. The summed E-state index contributed by atoms with van der Waals surface area (Å²) < 4.78 is 17.4. The molecular formula is C21H25ClN4O3S. The molecule has 3 aromatic rings. The van der Waals surface area contributed by atoms with Crippen LogP contribution in [0.3, 0.4) is 0 Å². The van der Waals surface area contributed by atoms with E-state index in [1.165, 1.54) is 11.8 Å². The van der Waals surface area contributed by atoms with Gasteiger partial charge in [0, 0.05) is 43.5 Å². The van der Waals surface area contributed by atoms with Crippen molar-refractivity contribution in [3.8, 4) is 11.5 Å². The fourth-order valence-electron chi connectivity index (χ4n) is 3.22. The number of hydrogen-bond acceptors (Lipinski definition) is 7. The van der Waals surface area contributed by atoms with Crippen LogP contribution in [0.5, 0.6) is 11.5 Å². The minimum atomic E-state index is 0.0280. The predicted molar refractivity (Wildman–Crippen MR) is 118 cm³/mol. The lowest BCUT2D eigenvalue weighted by Gasteiger charge is -2.26. The molecule has 0 radical (unpaired) electrons. The molecule has 0 amide bonds. The summed E-state index contributed by atoms with van der Waals surface area (Å²) in [5.41, 5.74) is 0.660. The van der Waals surface area contributed by atoms with Gasteiger partial charge in [-0.25, -0.2) is 9.97 Å². The van der Waals surface area contributed by atoms with Gasteiger partial charge in [0.25, 0.3) is 0 Å². The third-order valence-electron chi connectivity index (χ3n) is 4.63. The molecule has 0 unspecified atom stereocenters. The summed E-state index contributed by atoms with van der Waals surface area (Å²) in [6.07, 6.45) is 3.52. The molecule has 30 heavy (non-hydrogen) atoms. The van der Waals surface area contributed by atoms with Crippen molar-refractivity contribution >= 4 is 34.3 Å². The first kappa shape index (κ1) is 21.2. The van der Waals surface area contributed by atoms with Gasteiger partial charge in [0.2, 0.25) is 0 Å². The predicted octanol–water partition coefficient (Wildman–Crippen LogP) is 4.26. The summed E-state index contributed by atoms with van der Waals surface area (Å²) >= 11 is 8.14. The highest BCUT2D eigenvalue weighted by Gasteiger charge is 2.17. The molecule has 1 saturated heterocycles. The lowest BCUT2D eigenvalue weighted by molar-refractivity contribution is 0.0322. The van der Waals surface area contributed by atoms with E-state index in [4.69, 9.17) is 30.8 Å². The van der Waals surface area contributed by atoms with Crippen molar-refractivity contribution in [2.75, 3.05) is 39.5 Å². The number of benzene rings is 1. The number of aromatic nitrogens is 3. The van der Waals surface area contributed by atoms with Gasteiger partial charge in [0.1, 0.15) is 28.2 Å². The van der Waals surface area contributed by atoms with Gasteiger partial charge in [-0.15, -0.1) is 0 Å². The quantitative estimate of drug-likeness (QED) is 0.551. The molecule has 0 aliphatic carbocycles. The Morgan fingerprint density at radius 1 is 1.27 bits per heavy atom. The lowest BCUT2D eigenvalue weighted by Crippen LogP contribution is -2.38. The fraction of sp³-hybridized carbons (Fsp3) is 0.429. The van der Waals surface area contributed by atoms with Crippen LogP contribution in [0.25, 0.3) is 10.9 Å². The van der Waals surface area contributed by atoms with Crippen LogP contribution in [-0.4, -0.2) is 65.4 Å². The first-order chi connectivity index (χ1) is 14.6. The molecule has 160 valence electrons. The number of fused-ring (bicyclic) bond motifs is 1. The number of H-pyrrole nitrogens is 1. The van der Waals surface area contributed by atoms with E-state index in [9.17, 15) is 0 Å². The molecule has 1 fully saturated rings. The van der Waals surface area contributed by atoms with Crippen molar-refractivity contribution in [3.63, 3.8) is 0 Å². The molecule has 4 rings (SSSR count). The van der Waals surface area contributed by atoms with E-state index in [0.29, 0.717) is 22.9 Å². The number of rotatable bonds is 8. The Morgan fingerprint density at radius 2 is 2.10 bits per heavy atom. The Kier molecular flexibility index (Phi) is 6.99. The third kappa shape index (κ3) is 5.18. The van der Waals surface area contributed by atoms with Gasteiger partial charge in [-0.1, -0.05) is 11.6 Å². The number of ether oxygens (including phenoxy) is 3. The van der Waals surface area contributed by atoms with Gasteiger partial charge in [-0.3, -0.25) is 4.90 Å².